The second-order valence-corrected chi connectivity index (χ2v) is 5.86. The van der Waals surface area contributed by atoms with Gasteiger partial charge >= 0.3 is 0 Å². The van der Waals surface area contributed by atoms with Crippen LogP contribution >= 0.6 is 0 Å². The molecular formula is C18H18F2N4O2. The van der Waals surface area contributed by atoms with Crippen molar-refractivity contribution in [2.45, 2.75) is 26.3 Å². The lowest BCUT2D eigenvalue weighted by atomic mass is 10.1. The summed E-state index contributed by atoms with van der Waals surface area (Å²) in [5.74, 6) is -0.269. The number of ketones is 1. The van der Waals surface area contributed by atoms with Gasteiger partial charge < -0.3 is 9.30 Å². The van der Waals surface area contributed by atoms with E-state index in [1.807, 2.05) is 6.92 Å². The summed E-state index contributed by atoms with van der Waals surface area (Å²) in [6.45, 7) is 1.56. The number of Topliss-reactive ketones (excluding diaryl/α,β-unsaturated/α-hetero) is 1. The second kappa shape index (κ2) is 7.55. The van der Waals surface area contributed by atoms with E-state index in [0.29, 0.717) is 34.7 Å². The SMILES string of the molecule is COc1ncnc(Cn2cc(C(=O)CCCF)c3ncc(F)cc32)c1C. The van der Waals surface area contributed by atoms with Crippen LogP contribution in [0, 0.1) is 12.7 Å². The topological polar surface area (TPSA) is 69.9 Å². The van der Waals surface area contributed by atoms with Gasteiger partial charge in [-0.3, -0.25) is 14.2 Å². The first kappa shape index (κ1) is 17.9. The maximum atomic E-state index is 13.7. The molecule has 0 N–H and O–H groups in total. The Labute approximate surface area is 148 Å². The van der Waals surface area contributed by atoms with Gasteiger partial charge in [0, 0.05) is 24.2 Å². The zero-order chi connectivity index (χ0) is 18.7. The summed E-state index contributed by atoms with van der Waals surface area (Å²) in [5.41, 5.74) is 2.67. The summed E-state index contributed by atoms with van der Waals surface area (Å²) in [7, 11) is 1.52. The molecule has 8 heteroatoms. The van der Waals surface area contributed by atoms with Crippen LogP contribution < -0.4 is 4.74 Å². The van der Waals surface area contributed by atoms with Crippen molar-refractivity contribution >= 4 is 16.8 Å². The van der Waals surface area contributed by atoms with Gasteiger partial charge in [-0.1, -0.05) is 0 Å². The molecule has 3 rings (SSSR count). The minimum absolute atomic E-state index is 0.0784. The average molecular weight is 360 g/mol. The van der Waals surface area contributed by atoms with E-state index in [0.717, 1.165) is 11.8 Å². The molecule has 3 heterocycles. The minimum atomic E-state index is -0.563. The number of pyridine rings is 1. The van der Waals surface area contributed by atoms with E-state index < -0.39 is 12.5 Å². The molecular weight excluding hydrogens is 342 g/mol. The number of nitrogens with zero attached hydrogens (tertiary/aromatic N) is 4. The number of halogens is 2. The molecule has 0 saturated heterocycles. The van der Waals surface area contributed by atoms with Crippen LogP contribution in [0.2, 0.25) is 0 Å². The predicted molar refractivity (Wildman–Crippen MR) is 91.7 cm³/mol. The summed E-state index contributed by atoms with van der Waals surface area (Å²) in [6, 6.07) is 1.32. The summed E-state index contributed by atoms with van der Waals surface area (Å²) in [4.78, 5) is 24.7. The standard InChI is InChI=1S/C18H18F2N4O2/c1-11-14(22-10-23-18(11)26-2)9-24-8-13(16(25)4-3-5-19)17-15(24)6-12(20)7-21-17/h6-8,10H,3-5,9H2,1-2H3. The molecule has 3 aromatic heterocycles. The van der Waals surface area contributed by atoms with E-state index in [9.17, 15) is 13.6 Å². The van der Waals surface area contributed by atoms with Gasteiger partial charge in [0.25, 0.3) is 0 Å². The minimum Gasteiger partial charge on any atom is -0.481 e. The zero-order valence-electron chi connectivity index (χ0n) is 14.5. The van der Waals surface area contributed by atoms with Gasteiger partial charge in [-0.15, -0.1) is 0 Å². The zero-order valence-corrected chi connectivity index (χ0v) is 14.5. The van der Waals surface area contributed by atoms with E-state index in [1.165, 1.54) is 19.5 Å². The molecule has 0 fully saturated rings. The predicted octanol–water partition coefficient (Wildman–Crippen LogP) is 3.26. The number of aromatic nitrogens is 4. The van der Waals surface area contributed by atoms with Crippen LogP contribution in [0.1, 0.15) is 34.5 Å². The van der Waals surface area contributed by atoms with Gasteiger partial charge in [0.05, 0.1) is 48.8 Å². The number of rotatable bonds is 7. The van der Waals surface area contributed by atoms with Crippen molar-refractivity contribution in [3.05, 3.63) is 47.4 Å². The molecule has 26 heavy (non-hydrogen) atoms. The van der Waals surface area contributed by atoms with Crippen molar-refractivity contribution in [1.82, 2.24) is 19.5 Å². The van der Waals surface area contributed by atoms with Gasteiger partial charge in [-0.2, -0.15) is 0 Å². The van der Waals surface area contributed by atoms with Crippen LogP contribution in [0.3, 0.4) is 0 Å². The van der Waals surface area contributed by atoms with Crippen LogP contribution in [-0.4, -0.2) is 39.1 Å². The highest BCUT2D eigenvalue weighted by atomic mass is 19.1. The fourth-order valence-electron chi connectivity index (χ4n) is 2.83. The van der Waals surface area contributed by atoms with Gasteiger partial charge in [-0.25, -0.2) is 14.4 Å². The normalized spacial score (nSPS) is 11.1. The number of fused-ring (bicyclic) bond motifs is 1. The Bertz CT molecular complexity index is 956. The van der Waals surface area contributed by atoms with Crippen molar-refractivity contribution < 1.29 is 18.3 Å². The first-order valence-corrected chi connectivity index (χ1v) is 8.13. The molecule has 0 amide bonds. The van der Waals surface area contributed by atoms with Gasteiger partial charge in [0.15, 0.2) is 5.78 Å². The molecule has 0 aromatic carbocycles. The molecule has 0 unspecified atom stereocenters. The maximum Gasteiger partial charge on any atom is 0.219 e. The molecule has 0 aliphatic heterocycles. The molecule has 0 aliphatic carbocycles. The highest BCUT2D eigenvalue weighted by Crippen LogP contribution is 2.24. The Balaban J connectivity index is 2.06. The Hall–Kier alpha value is -2.90. The molecule has 0 bridgehead atoms. The van der Waals surface area contributed by atoms with Crippen LogP contribution in [0.4, 0.5) is 8.78 Å². The third-order valence-corrected chi connectivity index (χ3v) is 4.18. The Morgan fingerprint density at radius 3 is 2.85 bits per heavy atom. The van der Waals surface area contributed by atoms with Crippen molar-refractivity contribution in [3.63, 3.8) is 0 Å². The number of alkyl halides is 1. The Kier molecular flexibility index (Phi) is 5.20. The monoisotopic (exact) mass is 360 g/mol. The second-order valence-electron chi connectivity index (χ2n) is 5.86. The van der Waals surface area contributed by atoms with Crippen molar-refractivity contribution in [2.24, 2.45) is 0 Å². The molecule has 0 atom stereocenters. The van der Waals surface area contributed by atoms with Crippen molar-refractivity contribution in [1.29, 1.82) is 0 Å². The highest BCUT2D eigenvalue weighted by Gasteiger charge is 2.18. The highest BCUT2D eigenvalue weighted by molar-refractivity contribution is 6.06. The summed E-state index contributed by atoms with van der Waals surface area (Å²) >= 11 is 0. The van der Waals surface area contributed by atoms with E-state index in [4.69, 9.17) is 4.74 Å². The number of carbonyl (C=O) groups excluding carboxylic acids is 1. The quantitative estimate of drug-likeness (QED) is 0.605. The number of carbonyl (C=O) groups is 1. The third kappa shape index (κ3) is 3.40. The number of ether oxygens (including phenoxy) is 1. The molecule has 0 radical (unpaired) electrons. The van der Waals surface area contributed by atoms with Gasteiger partial charge in [0.2, 0.25) is 5.88 Å². The van der Waals surface area contributed by atoms with Crippen LogP contribution in [0.15, 0.2) is 24.8 Å². The molecule has 0 saturated carbocycles. The largest absolute Gasteiger partial charge is 0.481 e. The number of methoxy groups -OCH3 is 1. The third-order valence-electron chi connectivity index (χ3n) is 4.18. The summed E-state index contributed by atoms with van der Waals surface area (Å²) in [6.07, 6.45) is 4.30. The lowest BCUT2D eigenvalue weighted by molar-refractivity contribution is 0.0978. The number of hydrogen-bond donors (Lipinski definition) is 0. The molecule has 136 valence electrons. The maximum absolute atomic E-state index is 13.7. The van der Waals surface area contributed by atoms with Crippen LogP contribution in [0.5, 0.6) is 5.88 Å². The first-order valence-electron chi connectivity index (χ1n) is 8.13. The van der Waals surface area contributed by atoms with E-state index in [1.54, 1.807) is 10.8 Å². The number of hydrogen-bond acceptors (Lipinski definition) is 5. The fourth-order valence-corrected chi connectivity index (χ4v) is 2.83. The molecule has 0 aliphatic rings. The Morgan fingerprint density at radius 1 is 1.31 bits per heavy atom. The van der Waals surface area contributed by atoms with Gasteiger partial charge in [0.1, 0.15) is 12.1 Å². The molecule has 6 nitrogen and oxygen atoms in total. The van der Waals surface area contributed by atoms with E-state index >= 15 is 0 Å². The smallest absolute Gasteiger partial charge is 0.219 e. The van der Waals surface area contributed by atoms with Crippen LogP contribution in [-0.2, 0) is 6.54 Å². The van der Waals surface area contributed by atoms with Gasteiger partial charge in [-0.05, 0) is 13.3 Å². The average Bonchev–Trinajstić information content (AvgIpc) is 2.99. The Morgan fingerprint density at radius 2 is 2.12 bits per heavy atom. The first-order chi connectivity index (χ1) is 12.5. The van der Waals surface area contributed by atoms with Crippen molar-refractivity contribution in [2.75, 3.05) is 13.8 Å². The summed E-state index contributed by atoms with van der Waals surface area (Å²) in [5, 5.41) is 0. The van der Waals surface area contributed by atoms with E-state index in [2.05, 4.69) is 15.0 Å². The molecule has 0 spiro atoms. The fraction of sp³-hybridized carbons (Fsp3) is 0.333. The lowest BCUT2D eigenvalue weighted by Gasteiger charge is -2.09. The van der Waals surface area contributed by atoms with Crippen LogP contribution in [0.25, 0.3) is 11.0 Å². The lowest BCUT2D eigenvalue weighted by Crippen LogP contribution is -2.06. The van der Waals surface area contributed by atoms with E-state index in [-0.39, 0.29) is 18.6 Å². The summed E-state index contributed by atoms with van der Waals surface area (Å²) < 4.78 is 33.0. The molecule has 3 aromatic rings. The van der Waals surface area contributed by atoms with Crippen molar-refractivity contribution in [3.8, 4) is 5.88 Å².